The first-order valence-electron chi connectivity index (χ1n) is 7.10. The first kappa shape index (κ1) is 13.8. The number of hydrogen-bond acceptors (Lipinski definition) is 4. The molecule has 1 aliphatic heterocycles. The van der Waals surface area contributed by atoms with Gasteiger partial charge in [0.2, 0.25) is 0 Å². The molecule has 21 heavy (non-hydrogen) atoms. The van der Waals surface area contributed by atoms with Crippen LogP contribution in [0.5, 0.6) is 0 Å². The van der Waals surface area contributed by atoms with Crippen LogP contribution in [0.4, 0.5) is 10.5 Å². The first-order valence-corrected chi connectivity index (χ1v) is 7.10. The molecule has 2 amide bonds. The molecule has 0 aromatic carbocycles. The largest absolute Gasteiger partial charge is 0.333 e. The lowest BCUT2D eigenvalue weighted by Gasteiger charge is -2.27. The second-order valence-corrected chi connectivity index (χ2v) is 5.97. The van der Waals surface area contributed by atoms with E-state index in [-0.39, 0.29) is 17.6 Å². The third-order valence-electron chi connectivity index (χ3n) is 3.88. The summed E-state index contributed by atoms with van der Waals surface area (Å²) in [6.07, 6.45) is 2.69. The van der Waals surface area contributed by atoms with Gasteiger partial charge in [0.25, 0.3) is 0 Å². The number of nitrogens with one attached hydrogen (secondary N) is 3. The zero-order valence-electron chi connectivity index (χ0n) is 12.5. The van der Waals surface area contributed by atoms with Crippen molar-refractivity contribution in [1.29, 1.82) is 0 Å². The lowest BCUT2D eigenvalue weighted by Crippen LogP contribution is -2.51. The van der Waals surface area contributed by atoms with E-state index < -0.39 is 0 Å². The predicted molar refractivity (Wildman–Crippen MR) is 80.4 cm³/mol. The highest BCUT2D eigenvalue weighted by Gasteiger charge is 2.34. The van der Waals surface area contributed by atoms with E-state index in [0.29, 0.717) is 11.5 Å². The molecule has 1 unspecified atom stereocenters. The van der Waals surface area contributed by atoms with Crippen molar-refractivity contribution in [3.63, 3.8) is 0 Å². The quantitative estimate of drug-likeness (QED) is 0.778. The number of carbonyl (C=O) groups is 1. The van der Waals surface area contributed by atoms with Crippen molar-refractivity contribution >= 4 is 17.4 Å². The van der Waals surface area contributed by atoms with E-state index in [1.807, 2.05) is 19.1 Å². The molecule has 3 N–H and O–H groups in total. The number of carbonyl (C=O) groups excluding carboxylic acids is 1. The summed E-state index contributed by atoms with van der Waals surface area (Å²) < 4.78 is 1.66. The maximum atomic E-state index is 12.1. The summed E-state index contributed by atoms with van der Waals surface area (Å²) in [5.74, 6) is 0.704. The highest BCUT2D eigenvalue weighted by molar-refractivity contribution is 5.89. The van der Waals surface area contributed by atoms with Crippen LogP contribution in [0.1, 0.15) is 26.1 Å². The number of amides is 2. The zero-order chi connectivity index (χ0) is 15.0. The topological polar surface area (TPSA) is 83.3 Å². The van der Waals surface area contributed by atoms with Crippen LogP contribution < -0.4 is 16.0 Å². The molecule has 1 saturated heterocycles. The molecule has 7 heteroatoms. The molecule has 112 valence electrons. The molecule has 1 aliphatic rings. The van der Waals surface area contributed by atoms with Gasteiger partial charge >= 0.3 is 6.03 Å². The van der Waals surface area contributed by atoms with Crippen LogP contribution >= 0.6 is 0 Å². The lowest BCUT2D eigenvalue weighted by atomic mass is 9.97. The van der Waals surface area contributed by atoms with Gasteiger partial charge in [-0.1, -0.05) is 0 Å². The molecule has 3 rings (SSSR count). The van der Waals surface area contributed by atoms with E-state index in [1.54, 1.807) is 10.7 Å². The van der Waals surface area contributed by atoms with Gasteiger partial charge in [0.15, 0.2) is 5.65 Å². The van der Waals surface area contributed by atoms with Gasteiger partial charge in [-0.15, -0.1) is 0 Å². The molecule has 1 fully saturated rings. The van der Waals surface area contributed by atoms with Gasteiger partial charge in [-0.3, -0.25) is 0 Å². The number of nitrogens with zero attached hydrogens (tertiary/aromatic N) is 3. The van der Waals surface area contributed by atoms with Crippen molar-refractivity contribution in [2.75, 3.05) is 11.9 Å². The number of fused-ring (bicyclic) bond motifs is 1. The van der Waals surface area contributed by atoms with Crippen molar-refractivity contribution in [1.82, 2.24) is 25.2 Å². The van der Waals surface area contributed by atoms with Crippen molar-refractivity contribution in [2.24, 2.45) is 0 Å². The summed E-state index contributed by atoms with van der Waals surface area (Å²) in [4.78, 5) is 16.4. The average Bonchev–Trinajstić information content (AvgIpc) is 2.91. The van der Waals surface area contributed by atoms with Crippen molar-refractivity contribution in [2.45, 2.75) is 38.8 Å². The monoisotopic (exact) mass is 288 g/mol. The molecule has 0 aliphatic carbocycles. The van der Waals surface area contributed by atoms with Gasteiger partial charge in [0.1, 0.15) is 5.82 Å². The standard InChI is InChI=1S/C14H20N6O/c1-9-16-12-5-4-10(8-20(12)19-9)17-13(21)18-11-6-7-15-14(11,2)3/h4-5,8,11,15H,6-7H2,1-3H3,(H2,17,18,21). The average molecular weight is 288 g/mol. The number of aryl methyl sites for hydroxylation is 1. The van der Waals surface area contributed by atoms with Crippen LogP contribution in [-0.4, -0.2) is 38.8 Å². The highest BCUT2D eigenvalue weighted by atomic mass is 16.2. The number of pyridine rings is 1. The van der Waals surface area contributed by atoms with Crippen LogP contribution in [0.2, 0.25) is 0 Å². The Labute approximate surface area is 123 Å². The van der Waals surface area contributed by atoms with Gasteiger partial charge in [0, 0.05) is 11.6 Å². The fourth-order valence-corrected chi connectivity index (χ4v) is 2.67. The molecule has 2 aromatic rings. The number of rotatable bonds is 2. The van der Waals surface area contributed by atoms with Crippen LogP contribution in [0.15, 0.2) is 18.3 Å². The predicted octanol–water partition coefficient (Wildman–Crippen LogP) is 1.30. The minimum Gasteiger partial charge on any atom is -0.333 e. The minimum atomic E-state index is -0.201. The zero-order valence-corrected chi connectivity index (χ0v) is 12.5. The van der Waals surface area contributed by atoms with Crippen LogP contribution in [-0.2, 0) is 0 Å². The summed E-state index contributed by atoms with van der Waals surface area (Å²) in [7, 11) is 0. The second kappa shape index (κ2) is 5.00. The van der Waals surface area contributed by atoms with E-state index >= 15 is 0 Å². The molecule has 0 spiro atoms. The third kappa shape index (κ3) is 2.82. The number of urea groups is 1. The van der Waals surface area contributed by atoms with Gasteiger partial charge in [-0.05, 0) is 45.9 Å². The molecule has 0 radical (unpaired) electrons. The smallest absolute Gasteiger partial charge is 0.319 e. The Morgan fingerprint density at radius 1 is 1.48 bits per heavy atom. The molecule has 0 bridgehead atoms. The molecule has 3 heterocycles. The van der Waals surface area contributed by atoms with Crippen molar-refractivity contribution < 1.29 is 4.79 Å². The summed E-state index contributed by atoms with van der Waals surface area (Å²) in [5, 5.41) is 13.5. The van der Waals surface area contributed by atoms with Gasteiger partial charge < -0.3 is 16.0 Å². The normalized spacial score (nSPS) is 20.6. The minimum absolute atomic E-state index is 0.0791. The Kier molecular flexibility index (Phi) is 3.29. The summed E-state index contributed by atoms with van der Waals surface area (Å²) in [6, 6.07) is 3.57. The molecule has 0 saturated carbocycles. The Bertz CT molecular complexity index is 677. The third-order valence-corrected chi connectivity index (χ3v) is 3.88. The Balaban J connectivity index is 1.68. The van der Waals surface area contributed by atoms with Gasteiger partial charge in [-0.25, -0.2) is 14.3 Å². The van der Waals surface area contributed by atoms with E-state index in [0.717, 1.165) is 18.6 Å². The Hall–Kier alpha value is -2.15. The Morgan fingerprint density at radius 2 is 2.29 bits per heavy atom. The maximum Gasteiger partial charge on any atom is 0.319 e. The number of hydrogen-bond donors (Lipinski definition) is 3. The number of aromatic nitrogens is 3. The molecular weight excluding hydrogens is 268 g/mol. The van der Waals surface area contributed by atoms with E-state index in [9.17, 15) is 4.79 Å². The van der Waals surface area contributed by atoms with Crippen LogP contribution in [0.25, 0.3) is 5.65 Å². The fraction of sp³-hybridized carbons (Fsp3) is 0.500. The molecule has 7 nitrogen and oxygen atoms in total. The van der Waals surface area contributed by atoms with Crippen molar-refractivity contribution in [3.8, 4) is 0 Å². The van der Waals surface area contributed by atoms with Crippen LogP contribution in [0.3, 0.4) is 0 Å². The van der Waals surface area contributed by atoms with Gasteiger partial charge in [0.05, 0.1) is 11.9 Å². The summed E-state index contributed by atoms with van der Waals surface area (Å²) >= 11 is 0. The van der Waals surface area contributed by atoms with E-state index in [1.165, 1.54) is 0 Å². The van der Waals surface area contributed by atoms with E-state index in [2.05, 4.69) is 39.9 Å². The fourth-order valence-electron chi connectivity index (χ4n) is 2.67. The first-order chi connectivity index (χ1) is 9.94. The van der Waals surface area contributed by atoms with Gasteiger partial charge in [-0.2, -0.15) is 5.10 Å². The van der Waals surface area contributed by atoms with Crippen molar-refractivity contribution in [3.05, 3.63) is 24.2 Å². The lowest BCUT2D eigenvalue weighted by molar-refractivity contribution is 0.242. The second-order valence-electron chi connectivity index (χ2n) is 5.97. The summed E-state index contributed by atoms with van der Waals surface area (Å²) in [5.41, 5.74) is 1.37. The number of anilines is 1. The molecule has 1 atom stereocenters. The summed E-state index contributed by atoms with van der Waals surface area (Å²) in [6.45, 7) is 6.94. The van der Waals surface area contributed by atoms with E-state index in [4.69, 9.17) is 0 Å². The SMILES string of the molecule is Cc1nc2ccc(NC(=O)NC3CCNC3(C)C)cn2n1. The highest BCUT2D eigenvalue weighted by Crippen LogP contribution is 2.18. The Morgan fingerprint density at radius 3 is 3.00 bits per heavy atom. The molecule has 2 aromatic heterocycles. The van der Waals surface area contributed by atoms with Crippen LogP contribution in [0, 0.1) is 6.92 Å². The maximum absolute atomic E-state index is 12.1. The molecular formula is C14H20N6O.